The van der Waals surface area contributed by atoms with E-state index in [-0.39, 0.29) is 44.2 Å². The lowest BCUT2D eigenvalue weighted by atomic mass is 10.2. The lowest BCUT2D eigenvalue weighted by Gasteiger charge is -2.36. The van der Waals surface area contributed by atoms with E-state index in [2.05, 4.69) is 16.6 Å². The molecule has 1 atom stereocenters. The normalized spacial score (nSPS) is 16.7. The zero-order valence-corrected chi connectivity index (χ0v) is 19.3. The summed E-state index contributed by atoms with van der Waals surface area (Å²) in [6.45, 7) is 2.67. The van der Waals surface area contributed by atoms with E-state index in [1.165, 1.54) is 35.7 Å². The first-order chi connectivity index (χ1) is 14.6. The molecule has 0 aliphatic carbocycles. The Balaban J connectivity index is 2.03. The number of hydrogen-bond donors (Lipinski definition) is 1. The molecule has 31 heavy (non-hydrogen) atoms. The molecule has 0 bridgehead atoms. The molecule has 2 rings (SSSR count). The Morgan fingerprint density at radius 3 is 2.26 bits per heavy atom. The van der Waals surface area contributed by atoms with Gasteiger partial charge < -0.3 is 9.47 Å². The lowest BCUT2D eigenvalue weighted by molar-refractivity contribution is -0.147. The number of hydrogen-bond acceptors (Lipinski definition) is 8. The third kappa shape index (κ3) is 7.19. The summed E-state index contributed by atoms with van der Waals surface area (Å²) in [5.41, 5.74) is 0. The summed E-state index contributed by atoms with van der Waals surface area (Å²) in [6.07, 6.45) is 1.13. The van der Waals surface area contributed by atoms with Crippen molar-refractivity contribution in [2.75, 3.05) is 52.7 Å². The van der Waals surface area contributed by atoms with Gasteiger partial charge in [0.2, 0.25) is 20.0 Å². The van der Waals surface area contributed by atoms with E-state index in [9.17, 15) is 21.6 Å². The van der Waals surface area contributed by atoms with E-state index in [1.807, 2.05) is 0 Å². The molecule has 172 valence electrons. The van der Waals surface area contributed by atoms with Crippen LogP contribution in [0.4, 0.5) is 0 Å². The molecule has 0 amide bonds. The van der Waals surface area contributed by atoms with Gasteiger partial charge in [-0.2, -0.15) is 4.31 Å². The summed E-state index contributed by atoms with van der Waals surface area (Å²) in [5.74, 6) is 5.32. The maximum absolute atomic E-state index is 12.7. The Labute approximate surface area is 183 Å². The number of piperazine rings is 1. The molecule has 0 saturated carbocycles. The van der Waals surface area contributed by atoms with Crippen LogP contribution in [-0.2, 0) is 29.6 Å². The van der Waals surface area contributed by atoms with E-state index in [1.54, 1.807) is 11.8 Å². The zero-order valence-electron chi connectivity index (χ0n) is 17.7. The fourth-order valence-electron chi connectivity index (χ4n) is 3.02. The Morgan fingerprint density at radius 1 is 1.13 bits per heavy atom. The first kappa shape index (κ1) is 25.1. The van der Waals surface area contributed by atoms with Gasteiger partial charge in [0.15, 0.2) is 0 Å². The molecule has 1 aromatic rings. The molecule has 1 heterocycles. The van der Waals surface area contributed by atoms with Crippen LogP contribution in [0.15, 0.2) is 29.2 Å². The van der Waals surface area contributed by atoms with Crippen LogP contribution in [0.1, 0.15) is 6.92 Å². The van der Waals surface area contributed by atoms with Crippen LogP contribution in [0.2, 0.25) is 0 Å². The predicted molar refractivity (Wildman–Crippen MR) is 114 cm³/mol. The van der Waals surface area contributed by atoms with Crippen molar-refractivity contribution < 1.29 is 31.1 Å². The topological polar surface area (TPSA) is 122 Å². The van der Waals surface area contributed by atoms with E-state index >= 15 is 0 Å². The minimum atomic E-state index is -3.89. The van der Waals surface area contributed by atoms with Crippen molar-refractivity contribution in [3.8, 4) is 17.6 Å². The quantitative estimate of drug-likeness (QED) is 0.376. The second-order valence-corrected chi connectivity index (χ2v) is 10.5. The molecule has 0 aromatic heterocycles. The average Bonchev–Trinajstić information content (AvgIpc) is 2.74. The fraction of sp³-hybridized carbons (Fsp3) is 0.526. The Kier molecular flexibility index (Phi) is 8.84. The van der Waals surface area contributed by atoms with Crippen LogP contribution >= 0.6 is 0 Å². The molecule has 1 aliphatic heterocycles. The van der Waals surface area contributed by atoms with Crippen molar-refractivity contribution >= 4 is 26.0 Å². The number of nitrogens with zero attached hydrogens (tertiary/aromatic N) is 2. The first-order valence-corrected chi connectivity index (χ1v) is 12.8. The molecule has 1 fully saturated rings. The molecular formula is C19H27N3O7S2. The van der Waals surface area contributed by atoms with Gasteiger partial charge >= 0.3 is 5.97 Å². The van der Waals surface area contributed by atoms with E-state index in [0.717, 1.165) is 6.26 Å². The first-order valence-electron chi connectivity index (χ1n) is 9.47. The van der Waals surface area contributed by atoms with Crippen molar-refractivity contribution in [1.82, 2.24) is 13.9 Å². The van der Waals surface area contributed by atoms with Gasteiger partial charge in [0.25, 0.3) is 0 Å². The molecule has 1 aliphatic rings. The maximum atomic E-state index is 12.7. The van der Waals surface area contributed by atoms with E-state index in [0.29, 0.717) is 5.75 Å². The van der Waals surface area contributed by atoms with Gasteiger partial charge in [-0.05, 0) is 31.2 Å². The number of ether oxygens (including phenoxy) is 2. The molecule has 0 unspecified atom stereocenters. The summed E-state index contributed by atoms with van der Waals surface area (Å²) in [4.78, 5) is 14.0. The number of methoxy groups -OCH3 is 1. The predicted octanol–water partition coefficient (Wildman–Crippen LogP) is -0.514. The Morgan fingerprint density at radius 2 is 1.74 bits per heavy atom. The number of nitrogens with one attached hydrogen (secondary N) is 1. The van der Waals surface area contributed by atoms with Crippen LogP contribution in [0.25, 0.3) is 0 Å². The minimum Gasteiger partial charge on any atom is -0.481 e. The Hall–Kier alpha value is -2.17. The molecular weight excluding hydrogens is 446 g/mol. The molecule has 1 saturated heterocycles. The van der Waals surface area contributed by atoms with Crippen molar-refractivity contribution in [1.29, 1.82) is 0 Å². The third-order valence-electron chi connectivity index (χ3n) is 4.74. The number of carbonyl (C=O) groups excluding carboxylic acids is 1. The number of benzene rings is 1. The number of carbonyl (C=O) groups is 1. The lowest BCUT2D eigenvalue weighted by Crippen LogP contribution is -2.56. The van der Waals surface area contributed by atoms with E-state index < -0.39 is 32.1 Å². The van der Waals surface area contributed by atoms with Crippen LogP contribution in [-0.4, -0.2) is 90.7 Å². The van der Waals surface area contributed by atoms with E-state index in [4.69, 9.17) is 9.47 Å². The second-order valence-electron chi connectivity index (χ2n) is 6.78. The van der Waals surface area contributed by atoms with Gasteiger partial charge in [-0.1, -0.05) is 5.92 Å². The van der Waals surface area contributed by atoms with Gasteiger partial charge in [-0.15, -0.1) is 5.92 Å². The third-order valence-corrected chi connectivity index (χ3v) is 7.49. The van der Waals surface area contributed by atoms with Gasteiger partial charge in [-0.3, -0.25) is 9.69 Å². The molecule has 12 heteroatoms. The van der Waals surface area contributed by atoms with Crippen molar-refractivity contribution in [3.63, 3.8) is 0 Å². The maximum Gasteiger partial charge on any atom is 0.324 e. The standard InChI is InChI=1S/C19H27N3O7S2/c1-4-5-14-29-16-6-8-17(9-7-16)31(26,27)20-15-18(19(23)28-2)21-10-12-22(13-11-21)30(3,24)25/h6-9,18,20H,10-15H2,1-3H3/t18-/m0/s1. The monoisotopic (exact) mass is 473 g/mol. The van der Waals surface area contributed by atoms with Crippen molar-refractivity contribution in [2.24, 2.45) is 0 Å². The van der Waals surface area contributed by atoms with Crippen molar-refractivity contribution in [2.45, 2.75) is 17.9 Å². The smallest absolute Gasteiger partial charge is 0.324 e. The highest BCUT2D eigenvalue weighted by atomic mass is 32.2. The highest BCUT2D eigenvalue weighted by Gasteiger charge is 2.33. The van der Waals surface area contributed by atoms with Gasteiger partial charge in [0.05, 0.1) is 18.3 Å². The Bertz CT molecular complexity index is 1020. The summed E-state index contributed by atoms with van der Waals surface area (Å²) < 4.78 is 62.6. The van der Waals surface area contributed by atoms with Gasteiger partial charge in [0.1, 0.15) is 18.4 Å². The van der Waals surface area contributed by atoms with Crippen LogP contribution in [0, 0.1) is 11.8 Å². The summed E-state index contributed by atoms with van der Waals surface area (Å²) >= 11 is 0. The second kappa shape index (κ2) is 10.9. The summed E-state index contributed by atoms with van der Waals surface area (Å²) in [5, 5.41) is 0. The molecule has 1 aromatic carbocycles. The number of rotatable bonds is 9. The fourth-order valence-corrected chi connectivity index (χ4v) is 4.89. The number of sulfonamides is 2. The summed E-state index contributed by atoms with van der Waals surface area (Å²) in [6, 6.07) is 4.96. The minimum absolute atomic E-state index is 0.0203. The van der Waals surface area contributed by atoms with Crippen LogP contribution < -0.4 is 9.46 Å². The SMILES string of the molecule is CC#CCOc1ccc(S(=O)(=O)NC[C@@H](C(=O)OC)N2CCN(S(C)(=O)=O)CC2)cc1. The number of esters is 1. The van der Waals surface area contributed by atoms with Gasteiger partial charge in [-0.25, -0.2) is 21.6 Å². The molecule has 10 nitrogen and oxygen atoms in total. The molecule has 0 spiro atoms. The average molecular weight is 474 g/mol. The van der Waals surface area contributed by atoms with Crippen molar-refractivity contribution in [3.05, 3.63) is 24.3 Å². The highest BCUT2D eigenvalue weighted by molar-refractivity contribution is 7.89. The molecule has 1 N–H and O–H groups in total. The largest absolute Gasteiger partial charge is 0.481 e. The van der Waals surface area contributed by atoms with Gasteiger partial charge in [0, 0.05) is 32.7 Å². The van der Waals surface area contributed by atoms with Crippen LogP contribution in [0.5, 0.6) is 5.75 Å². The molecule has 0 radical (unpaired) electrons. The highest BCUT2D eigenvalue weighted by Crippen LogP contribution is 2.16. The zero-order chi connectivity index (χ0) is 23.1. The van der Waals surface area contributed by atoms with Crippen LogP contribution in [0.3, 0.4) is 0 Å². The summed E-state index contributed by atoms with van der Waals surface area (Å²) in [7, 11) is -5.99.